The van der Waals surface area contributed by atoms with Gasteiger partial charge in [-0.15, -0.1) is 0 Å². The maximum Gasteiger partial charge on any atom is 0.523 e. The highest BCUT2D eigenvalue weighted by Gasteiger charge is 2.55. The summed E-state index contributed by atoms with van der Waals surface area (Å²) < 4.78 is 88.7. The Labute approximate surface area is 160 Å². The Balaban J connectivity index is 1.85. The SMILES string of the molecule is CCO[C@@H]1[C@@H](OS(=O)(=O)C(F)(F)F)[C@H](C)O[C@@H]2CO[C@@H](c3ccccc3)O[C@@H]12. The van der Waals surface area contributed by atoms with Crippen molar-refractivity contribution in [2.75, 3.05) is 13.2 Å². The topological polar surface area (TPSA) is 80.3 Å². The smallest absolute Gasteiger partial charge is 0.373 e. The van der Waals surface area contributed by atoms with E-state index in [1.165, 1.54) is 6.92 Å². The van der Waals surface area contributed by atoms with Crippen molar-refractivity contribution in [1.29, 1.82) is 0 Å². The summed E-state index contributed by atoms with van der Waals surface area (Å²) in [5, 5.41) is 0. The van der Waals surface area contributed by atoms with E-state index in [2.05, 4.69) is 4.18 Å². The predicted octanol–water partition coefficient (Wildman–Crippen LogP) is 2.53. The molecule has 11 heteroatoms. The Morgan fingerprint density at radius 2 is 1.82 bits per heavy atom. The lowest BCUT2D eigenvalue weighted by atomic mass is 9.94. The van der Waals surface area contributed by atoms with Gasteiger partial charge in [0.15, 0.2) is 6.29 Å². The molecule has 1 aromatic rings. The molecule has 6 atom stereocenters. The Morgan fingerprint density at radius 3 is 2.43 bits per heavy atom. The molecule has 0 aromatic heterocycles. The molecule has 158 valence electrons. The van der Waals surface area contributed by atoms with E-state index in [0.29, 0.717) is 5.56 Å². The van der Waals surface area contributed by atoms with Crippen LogP contribution in [0.25, 0.3) is 0 Å². The van der Waals surface area contributed by atoms with E-state index in [1.54, 1.807) is 31.2 Å². The summed E-state index contributed by atoms with van der Waals surface area (Å²) in [4.78, 5) is 0. The standard InChI is InChI=1S/C17H21F3O7S/c1-3-23-15-13(27-28(21,22)17(18,19)20)10(2)25-12-9-24-16(26-14(12)15)11-7-5-4-6-8-11/h4-8,10,12-16H,3,9H2,1-2H3/t10-,12+,13-,14+,15+,16+/m0/s1. The third-order valence-electron chi connectivity index (χ3n) is 4.51. The molecule has 3 rings (SSSR count). The van der Waals surface area contributed by atoms with Gasteiger partial charge in [0.05, 0.1) is 12.7 Å². The summed E-state index contributed by atoms with van der Waals surface area (Å²) in [5.41, 5.74) is -4.85. The van der Waals surface area contributed by atoms with Crippen molar-refractivity contribution < 1.29 is 44.7 Å². The first kappa shape index (κ1) is 21.5. The van der Waals surface area contributed by atoms with Gasteiger partial charge in [0, 0.05) is 12.2 Å². The molecule has 0 saturated carbocycles. The van der Waals surface area contributed by atoms with Crippen molar-refractivity contribution in [2.24, 2.45) is 0 Å². The predicted molar refractivity (Wildman–Crippen MR) is 89.6 cm³/mol. The zero-order valence-corrected chi connectivity index (χ0v) is 16.0. The first-order valence-electron chi connectivity index (χ1n) is 8.72. The summed E-state index contributed by atoms with van der Waals surface area (Å²) in [6, 6.07) is 8.93. The Morgan fingerprint density at radius 1 is 1.14 bits per heavy atom. The minimum Gasteiger partial charge on any atom is -0.373 e. The number of ether oxygens (including phenoxy) is 4. The number of hydrogen-bond donors (Lipinski definition) is 0. The quantitative estimate of drug-likeness (QED) is 0.529. The Hall–Kier alpha value is -1.24. The second kappa shape index (κ2) is 8.25. The van der Waals surface area contributed by atoms with Gasteiger partial charge >= 0.3 is 15.6 Å². The van der Waals surface area contributed by atoms with E-state index in [0.717, 1.165) is 0 Å². The van der Waals surface area contributed by atoms with E-state index < -0.39 is 52.4 Å². The van der Waals surface area contributed by atoms with Gasteiger partial charge in [-0.05, 0) is 13.8 Å². The highest BCUT2D eigenvalue weighted by atomic mass is 32.2. The zero-order chi connectivity index (χ0) is 20.5. The van der Waals surface area contributed by atoms with Gasteiger partial charge < -0.3 is 18.9 Å². The third-order valence-corrected chi connectivity index (χ3v) is 5.55. The van der Waals surface area contributed by atoms with Crippen LogP contribution in [0.5, 0.6) is 0 Å². The number of halogens is 3. The van der Waals surface area contributed by atoms with Crippen LogP contribution in [0.15, 0.2) is 30.3 Å². The number of alkyl halides is 3. The molecular formula is C17H21F3O7S. The maximum absolute atomic E-state index is 12.8. The monoisotopic (exact) mass is 426 g/mol. The fourth-order valence-corrected chi connectivity index (χ4v) is 3.93. The molecule has 0 N–H and O–H groups in total. The second-order valence-electron chi connectivity index (χ2n) is 6.44. The first-order chi connectivity index (χ1) is 13.1. The molecule has 28 heavy (non-hydrogen) atoms. The van der Waals surface area contributed by atoms with E-state index >= 15 is 0 Å². The summed E-state index contributed by atoms with van der Waals surface area (Å²) in [5.74, 6) is 0. The molecule has 2 aliphatic rings. The summed E-state index contributed by atoms with van der Waals surface area (Å²) in [7, 11) is -5.83. The number of benzene rings is 1. The van der Waals surface area contributed by atoms with Crippen molar-refractivity contribution >= 4 is 10.1 Å². The molecule has 2 heterocycles. The molecule has 2 saturated heterocycles. The maximum atomic E-state index is 12.8. The van der Waals surface area contributed by atoms with Gasteiger partial charge in [-0.25, -0.2) is 0 Å². The average Bonchev–Trinajstić information content (AvgIpc) is 2.64. The molecule has 0 radical (unpaired) electrons. The third kappa shape index (κ3) is 4.34. The zero-order valence-electron chi connectivity index (χ0n) is 15.2. The van der Waals surface area contributed by atoms with E-state index in [1.807, 2.05) is 6.07 Å². The van der Waals surface area contributed by atoms with Crippen LogP contribution >= 0.6 is 0 Å². The number of rotatable bonds is 5. The van der Waals surface area contributed by atoms with Gasteiger partial charge in [0.1, 0.15) is 24.4 Å². The fourth-order valence-electron chi connectivity index (χ4n) is 3.26. The minimum absolute atomic E-state index is 0.108. The normalized spacial score (nSPS) is 34.0. The van der Waals surface area contributed by atoms with Crippen LogP contribution in [0.2, 0.25) is 0 Å². The van der Waals surface area contributed by atoms with Crippen molar-refractivity contribution in [3.05, 3.63) is 35.9 Å². The number of fused-ring (bicyclic) bond motifs is 1. The molecule has 0 bridgehead atoms. The number of hydrogen-bond acceptors (Lipinski definition) is 7. The van der Waals surface area contributed by atoms with Gasteiger partial charge in [-0.1, -0.05) is 30.3 Å². The first-order valence-corrected chi connectivity index (χ1v) is 10.1. The van der Waals surface area contributed by atoms with Crippen molar-refractivity contribution in [1.82, 2.24) is 0 Å². The van der Waals surface area contributed by atoms with Gasteiger partial charge in [0.2, 0.25) is 0 Å². The summed E-state index contributed by atoms with van der Waals surface area (Å²) in [6.45, 7) is 3.28. The van der Waals surface area contributed by atoms with Crippen LogP contribution in [-0.2, 0) is 33.2 Å². The molecule has 7 nitrogen and oxygen atoms in total. The molecule has 2 aliphatic heterocycles. The van der Waals surface area contributed by atoms with Crippen molar-refractivity contribution in [3.63, 3.8) is 0 Å². The largest absolute Gasteiger partial charge is 0.523 e. The Bertz CT molecular complexity index is 756. The molecule has 0 aliphatic carbocycles. The fraction of sp³-hybridized carbons (Fsp3) is 0.647. The molecular weight excluding hydrogens is 405 g/mol. The van der Waals surface area contributed by atoms with Crippen LogP contribution in [0.3, 0.4) is 0 Å². The van der Waals surface area contributed by atoms with Gasteiger partial charge in [0.25, 0.3) is 0 Å². The van der Waals surface area contributed by atoms with Crippen LogP contribution in [0.4, 0.5) is 13.2 Å². The van der Waals surface area contributed by atoms with Crippen LogP contribution in [-0.4, -0.2) is 57.7 Å². The molecule has 1 aromatic carbocycles. The highest BCUT2D eigenvalue weighted by Crippen LogP contribution is 2.38. The van der Waals surface area contributed by atoms with E-state index in [4.69, 9.17) is 18.9 Å². The second-order valence-corrected chi connectivity index (χ2v) is 8.00. The van der Waals surface area contributed by atoms with Crippen molar-refractivity contribution in [3.8, 4) is 0 Å². The van der Waals surface area contributed by atoms with E-state index in [9.17, 15) is 21.6 Å². The molecule has 0 spiro atoms. The molecule has 0 unspecified atom stereocenters. The van der Waals surface area contributed by atoms with Crippen molar-refractivity contribution in [2.45, 2.75) is 56.2 Å². The van der Waals surface area contributed by atoms with Crippen LogP contribution < -0.4 is 0 Å². The van der Waals surface area contributed by atoms with Crippen LogP contribution in [0.1, 0.15) is 25.7 Å². The van der Waals surface area contributed by atoms with Gasteiger partial charge in [-0.3, -0.25) is 4.18 Å². The minimum atomic E-state index is -5.83. The highest BCUT2D eigenvalue weighted by molar-refractivity contribution is 7.87. The average molecular weight is 426 g/mol. The molecule has 2 fully saturated rings. The Kier molecular flexibility index (Phi) is 6.32. The van der Waals surface area contributed by atoms with Crippen LogP contribution in [0, 0.1) is 0 Å². The summed E-state index contributed by atoms with van der Waals surface area (Å²) in [6.07, 6.45) is -5.91. The lowest BCUT2D eigenvalue weighted by molar-refractivity contribution is -0.328. The summed E-state index contributed by atoms with van der Waals surface area (Å²) >= 11 is 0. The van der Waals surface area contributed by atoms with Gasteiger partial charge in [-0.2, -0.15) is 21.6 Å². The lowest BCUT2D eigenvalue weighted by Gasteiger charge is -2.48. The lowest BCUT2D eigenvalue weighted by Crippen LogP contribution is -2.63. The molecule has 0 amide bonds. The van der Waals surface area contributed by atoms with E-state index in [-0.39, 0.29) is 13.2 Å².